The Kier molecular flexibility index (Phi) is 5.78. The highest BCUT2D eigenvalue weighted by atomic mass is 19.4. The van der Waals surface area contributed by atoms with Gasteiger partial charge in [0.2, 0.25) is 0 Å². The highest BCUT2D eigenvalue weighted by Gasteiger charge is 2.28. The highest BCUT2D eigenvalue weighted by Crippen LogP contribution is 2.17. The van der Waals surface area contributed by atoms with Crippen LogP contribution in [-0.2, 0) is 6.42 Å². The van der Waals surface area contributed by atoms with Gasteiger partial charge in [-0.25, -0.2) is 4.79 Å². The van der Waals surface area contributed by atoms with Crippen molar-refractivity contribution < 1.29 is 18.0 Å². The van der Waals surface area contributed by atoms with Crippen LogP contribution in [0, 0.1) is 6.92 Å². The van der Waals surface area contributed by atoms with E-state index in [0.29, 0.717) is 12.1 Å². The molecular weight excluding hydrogens is 319 g/mol. The minimum atomic E-state index is -4.45. The Morgan fingerprint density at radius 1 is 1.17 bits per heavy atom. The molecule has 0 radical (unpaired) electrons. The number of pyridine rings is 1. The number of aryl methyl sites for hydroxylation is 1. The summed E-state index contributed by atoms with van der Waals surface area (Å²) in [5.41, 5.74) is 2.64. The molecular formula is C17H18F3N3O. The number of urea groups is 1. The van der Waals surface area contributed by atoms with Gasteiger partial charge in [0.25, 0.3) is 0 Å². The van der Waals surface area contributed by atoms with Crippen molar-refractivity contribution in [2.75, 3.05) is 6.54 Å². The van der Waals surface area contributed by atoms with E-state index in [1.807, 2.05) is 36.5 Å². The summed E-state index contributed by atoms with van der Waals surface area (Å²) in [4.78, 5) is 16.0. The largest absolute Gasteiger partial charge is 0.405 e. The van der Waals surface area contributed by atoms with Crippen molar-refractivity contribution in [1.29, 1.82) is 0 Å². The summed E-state index contributed by atoms with van der Waals surface area (Å²) in [6.07, 6.45) is -2.45. The zero-order chi connectivity index (χ0) is 17.6. The fraction of sp³-hybridized carbons (Fsp3) is 0.294. The number of hydrogen-bond acceptors (Lipinski definition) is 2. The lowest BCUT2D eigenvalue weighted by Crippen LogP contribution is -2.43. The van der Waals surface area contributed by atoms with E-state index in [0.717, 1.165) is 11.1 Å². The van der Waals surface area contributed by atoms with Gasteiger partial charge < -0.3 is 10.6 Å². The van der Waals surface area contributed by atoms with Crippen molar-refractivity contribution in [1.82, 2.24) is 15.6 Å². The molecule has 2 aromatic rings. The van der Waals surface area contributed by atoms with E-state index >= 15 is 0 Å². The van der Waals surface area contributed by atoms with Crippen LogP contribution in [0.15, 0.2) is 48.7 Å². The molecule has 24 heavy (non-hydrogen) atoms. The lowest BCUT2D eigenvalue weighted by Gasteiger charge is -2.19. The molecule has 1 aromatic carbocycles. The number of halogens is 3. The molecule has 1 atom stereocenters. The highest BCUT2D eigenvalue weighted by molar-refractivity contribution is 5.74. The van der Waals surface area contributed by atoms with Crippen LogP contribution in [0.1, 0.15) is 22.9 Å². The van der Waals surface area contributed by atoms with Crippen molar-refractivity contribution >= 4 is 6.03 Å². The first-order valence-electron chi connectivity index (χ1n) is 7.41. The van der Waals surface area contributed by atoms with Crippen molar-refractivity contribution in [3.63, 3.8) is 0 Å². The molecule has 2 rings (SSSR count). The van der Waals surface area contributed by atoms with Crippen LogP contribution in [0.5, 0.6) is 0 Å². The van der Waals surface area contributed by atoms with Gasteiger partial charge in [-0.05, 0) is 31.0 Å². The molecule has 1 heterocycles. The lowest BCUT2D eigenvalue weighted by atomic mass is 10.0. The number of nitrogens with zero attached hydrogens (tertiary/aromatic N) is 1. The molecule has 0 aliphatic heterocycles. The van der Waals surface area contributed by atoms with Crippen LogP contribution >= 0.6 is 0 Å². The Morgan fingerprint density at radius 2 is 1.88 bits per heavy atom. The Labute approximate surface area is 138 Å². The number of nitrogens with one attached hydrogen (secondary N) is 2. The second-order valence-corrected chi connectivity index (χ2v) is 5.44. The second kappa shape index (κ2) is 7.81. The van der Waals surface area contributed by atoms with Gasteiger partial charge in [-0.15, -0.1) is 0 Å². The quantitative estimate of drug-likeness (QED) is 0.877. The first-order chi connectivity index (χ1) is 11.3. The second-order valence-electron chi connectivity index (χ2n) is 5.44. The van der Waals surface area contributed by atoms with Crippen LogP contribution in [0.3, 0.4) is 0 Å². The summed E-state index contributed by atoms with van der Waals surface area (Å²) in [6, 6.07) is 11.5. The molecule has 0 aliphatic rings. The fourth-order valence-corrected chi connectivity index (χ4v) is 2.16. The summed E-state index contributed by atoms with van der Waals surface area (Å²) in [5, 5.41) is 4.37. The number of aromatic nitrogens is 1. The van der Waals surface area contributed by atoms with Gasteiger partial charge in [-0.1, -0.05) is 35.9 Å². The summed E-state index contributed by atoms with van der Waals surface area (Å²) in [6.45, 7) is 0.584. The number of amides is 2. The smallest absolute Gasteiger partial charge is 0.329 e. The zero-order valence-electron chi connectivity index (χ0n) is 13.1. The van der Waals surface area contributed by atoms with Gasteiger partial charge in [-0.3, -0.25) is 4.98 Å². The van der Waals surface area contributed by atoms with Crippen molar-refractivity contribution in [3.8, 4) is 0 Å². The zero-order valence-corrected chi connectivity index (χ0v) is 13.1. The summed E-state index contributed by atoms with van der Waals surface area (Å²) < 4.78 is 36.6. The summed E-state index contributed by atoms with van der Waals surface area (Å²) in [5.74, 6) is 0. The summed E-state index contributed by atoms with van der Waals surface area (Å²) >= 11 is 0. The van der Waals surface area contributed by atoms with Crippen LogP contribution < -0.4 is 10.6 Å². The molecule has 2 N–H and O–H groups in total. The molecule has 4 nitrogen and oxygen atoms in total. The maximum atomic E-state index is 12.2. The van der Waals surface area contributed by atoms with Gasteiger partial charge >= 0.3 is 12.2 Å². The number of carbonyl (C=O) groups is 1. The van der Waals surface area contributed by atoms with Crippen molar-refractivity contribution in [2.24, 2.45) is 0 Å². The number of rotatable bonds is 5. The molecule has 128 valence electrons. The van der Waals surface area contributed by atoms with E-state index in [1.54, 1.807) is 24.4 Å². The number of alkyl halides is 3. The topological polar surface area (TPSA) is 54.0 Å². The SMILES string of the molecule is Cc1ccc(CC(NC(=O)NCC(F)(F)F)c2ccccn2)cc1. The molecule has 0 fully saturated rings. The monoisotopic (exact) mass is 337 g/mol. The van der Waals surface area contributed by atoms with E-state index in [9.17, 15) is 18.0 Å². The standard InChI is InChI=1S/C17H18F3N3O/c1-12-5-7-13(8-6-12)10-15(14-4-2-3-9-21-14)23-16(24)22-11-17(18,19)20/h2-9,15H,10-11H2,1H3,(H2,22,23,24). The average Bonchev–Trinajstić information content (AvgIpc) is 2.54. The van der Waals surface area contributed by atoms with E-state index in [-0.39, 0.29) is 0 Å². The maximum absolute atomic E-state index is 12.2. The Balaban J connectivity index is 2.08. The summed E-state index contributed by atoms with van der Waals surface area (Å²) in [7, 11) is 0. The van der Waals surface area contributed by atoms with Crippen LogP contribution in [0.25, 0.3) is 0 Å². The normalized spacial score (nSPS) is 12.5. The van der Waals surface area contributed by atoms with Crippen molar-refractivity contribution in [3.05, 3.63) is 65.5 Å². The number of hydrogen-bond donors (Lipinski definition) is 2. The molecule has 7 heteroatoms. The van der Waals surface area contributed by atoms with E-state index in [4.69, 9.17) is 0 Å². The van der Waals surface area contributed by atoms with Gasteiger partial charge in [0.05, 0.1) is 11.7 Å². The molecule has 0 saturated carbocycles. The predicted octanol–water partition coefficient (Wildman–Crippen LogP) is 3.54. The molecule has 1 unspecified atom stereocenters. The molecule has 2 amide bonds. The molecule has 0 spiro atoms. The van der Waals surface area contributed by atoms with Gasteiger partial charge in [0.1, 0.15) is 6.54 Å². The molecule has 0 bridgehead atoms. The van der Waals surface area contributed by atoms with E-state index in [1.165, 1.54) is 0 Å². The third kappa shape index (κ3) is 5.91. The van der Waals surface area contributed by atoms with Crippen LogP contribution in [0.4, 0.5) is 18.0 Å². The first-order valence-corrected chi connectivity index (χ1v) is 7.41. The minimum absolute atomic E-state index is 0.427. The average molecular weight is 337 g/mol. The van der Waals surface area contributed by atoms with Gasteiger partial charge in [0.15, 0.2) is 0 Å². The van der Waals surface area contributed by atoms with Crippen LogP contribution in [0.2, 0.25) is 0 Å². The molecule has 0 aliphatic carbocycles. The van der Waals surface area contributed by atoms with Crippen molar-refractivity contribution in [2.45, 2.75) is 25.6 Å². The Bertz CT molecular complexity index is 657. The number of benzene rings is 1. The predicted molar refractivity (Wildman–Crippen MR) is 84.5 cm³/mol. The Hall–Kier alpha value is -2.57. The lowest BCUT2D eigenvalue weighted by molar-refractivity contribution is -0.122. The van der Waals surface area contributed by atoms with E-state index < -0.39 is 24.8 Å². The third-order valence-corrected chi connectivity index (χ3v) is 3.36. The van der Waals surface area contributed by atoms with Gasteiger partial charge in [0, 0.05) is 6.20 Å². The fourth-order valence-electron chi connectivity index (χ4n) is 2.16. The van der Waals surface area contributed by atoms with E-state index in [2.05, 4.69) is 10.3 Å². The van der Waals surface area contributed by atoms with Crippen LogP contribution in [-0.4, -0.2) is 23.7 Å². The Morgan fingerprint density at radius 3 is 2.46 bits per heavy atom. The minimum Gasteiger partial charge on any atom is -0.329 e. The third-order valence-electron chi connectivity index (χ3n) is 3.36. The molecule has 1 aromatic heterocycles. The number of carbonyl (C=O) groups excluding carboxylic acids is 1. The molecule has 0 saturated heterocycles. The first kappa shape index (κ1) is 17.8. The maximum Gasteiger partial charge on any atom is 0.405 e. The van der Waals surface area contributed by atoms with Gasteiger partial charge in [-0.2, -0.15) is 13.2 Å².